The molecule has 0 spiro atoms. The van der Waals surface area contributed by atoms with Crippen molar-refractivity contribution in [3.63, 3.8) is 0 Å². The third-order valence-corrected chi connectivity index (χ3v) is 4.54. The second-order valence-corrected chi connectivity index (χ2v) is 7.24. The molecule has 0 saturated heterocycles. The van der Waals surface area contributed by atoms with Crippen molar-refractivity contribution >= 4 is 24.2 Å². The molecule has 0 bridgehead atoms. The van der Waals surface area contributed by atoms with E-state index < -0.39 is 0 Å². The quantitative estimate of drug-likeness (QED) is 0.331. The maximum Gasteiger partial charge on any atom is 0.355 e. The first-order valence-electron chi connectivity index (χ1n) is 9.68. The van der Waals surface area contributed by atoms with E-state index >= 15 is 0 Å². The van der Waals surface area contributed by atoms with E-state index in [-0.39, 0.29) is 36.0 Å². The Labute approximate surface area is 186 Å². The van der Waals surface area contributed by atoms with Gasteiger partial charge in [-0.3, -0.25) is 10.2 Å². The van der Waals surface area contributed by atoms with E-state index in [1.54, 1.807) is 31.2 Å². The summed E-state index contributed by atoms with van der Waals surface area (Å²) in [6.07, 6.45) is 0.761. The number of amidine groups is 1. The van der Waals surface area contributed by atoms with Crippen LogP contribution in [-0.4, -0.2) is 32.3 Å². The highest BCUT2D eigenvalue weighted by Gasteiger charge is 2.14. The molecule has 2 aromatic carbocycles. The van der Waals surface area contributed by atoms with Gasteiger partial charge in [-0.15, -0.1) is 17.5 Å². The van der Waals surface area contributed by atoms with Gasteiger partial charge >= 0.3 is 11.7 Å². The van der Waals surface area contributed by atoms with Crippen LogP contribution in [0, 0.1) is 12.3 Å². The summed E-state index contributed by atoms with van der Waals surface area (Å²) in [4.78, 5) is 24.7. The average Bonchev–Trinajstić information content (AvgIpc) is 3.00. The lowest BCUT2D eigenvalue weighted by Gasteiger charge is -2.08. The molecule has 0 amide bonds. The fourth-order valence-corrected chi connectivity index (χ4v) is 3.09. The van der Waals surface area contributed by atoms with Crippen molar-refractivity contribution in [2.75, 3.05) is 0 Å². The maximum atomic E-state index is 12.9. The van der Waals surface area contributed by atoms with E-state index in [0.29, 0.717) is 35.6 Å². The fraction of sp³-hybridized carbons (Fsp3) is 0.273. The first-order chi connectivity index (χ1) is 14.3. The van der Waals surface area contributed by atoms with Gasteiger partial charge in [0.2, 0.25) is 0 Å². The zero-order valence-electron chi connectivity index (χ0n) is 17.7. The lowest BCUT2D eigenvalue weighted by atomic mass is 10.1. The van der Waals surface area contributed by atoms with Crippen LogP contribution in [-0.2, 0) is 16.0 Å². The molecule has 0 saturated carbocycles. The van der Waals surface area contributed by atoms with Gasteiger partial charge in [0.15, 0.2) is 0 Å². The number of carbonyl (C=O) groups is 1. The van der Waals surface area contributed by atoms with Gasteiger partial charge in [0.25, 0.3) is 0 Å². The molecule has 0 radical (unpaired) electrons. The first kappa shape index (κ1) is 23.9. The fourth-order valence-electron chi connectivity index (χ4n) is 3.09. The predicted molar refractivity (Wildman–Crippen MR) is 122 cm³/mol. The molecule has 0 aliphatic heterocycles. The molecule has 3 rings (SSSR count). The molecule has 164 valence electrons. The first-order valence-corrected chi connectivity index (χ1v) is 9.68. The standard InChI is InChI=1S/C22H25N5O3.ClH/c1-14(2)30-20(28)13-6-16-4-9-18(10-5-16)26-15(3)25-27(22(26)29)19-11-7-17(8-12-19)21(23)24;/h4-5,7-12,14H,6,13H2,1-3H3,(H3,23,24);1H. The summed E-state index contributed by atoms with van der Waals surface area (Å²) in [7, 11) is 0. The minimum atomic E-state index is -0.295. The van der Waals surface area contributed by atoms with E-state index in [2.05, 4.69) is 5.10 Å². The van der Waals surface area contributed by atoms with Crippen molar-refractivity contribution in [1.82, 2.24) is 14.3 Å². The van der Waals surface area contributed by atoms with Gasteiger partial charge in [0, 0.05) is 12.0 Å². The molecule has 0 aliphatic rings. The van der Waals surface area contributed by atoms with E-state index in [1.807, 2.05) is 38.1 Å². The minimum absolute atomic E-state index is 0. The lowest BCUT2D eigenvalue weighted by Crippen LogP contribution is -2.23. The number of halogens is 1. The van der Waals surface area contributed by atoms with Crippen LogP contribution in [0.15, 0.2) is 53.3 Å². The summed E-state index contributed by atoms with van der Waals surface area (Å²) in [5, 5.41) is 11.8. The number of ether oxygens (including phenoxy) is 1. The number of benzene rings is 2. The maximum absolute atomic E-state index is 12.9. The molecule has 9 heteroatoms. The number of nitrogens with one attached hydrogen (secondary N) is 1. The highest BCUT2D eigenvalue weighted by Crippen LogP contribution is 2.13. The van der Waals surface area contributed by atoms with Crippen LogP contribution in [0.3, 0.4) is 0 Å². The number of hydrogen-bond acceptors (Lipinski definition) is 5. The molecule has 8 nitrogen and oxygen atoms in total. The van der Waals surface area contributed by atoms with Crippen LogP contribution in [0.4, 0.5) is 0 Å². The molecule has 0 fully saturated rings. The summed E-state index contributed by atoms with van der Waals surface area (Å²) in [6.45, 7) is 5.41. The Kier molecular flexibility index (Phi) is 7.77. The molecule has 1 heterocycles. The van der Waals surface area contributed by atoms with Crippen LogP contribution < -0.4 is 11.4 Å². The van der Waals surface area contributed by atoms with E-state index in [9.17, 15) is 9.59 Å². The van der Waals surface area contributed by atoms with Crippen LogP contribution >= 0.6 is 12.4 Å². The number of nitrogens with zero attached hydrogens (tertiary/aromatic N) is 3. The SMILES string of the molecule is Cc1nn(-c2ccc(C(=N)N)cc2)c(=O)n1-c1ccc(CCC(=O)OC(C)C)cc1.Cl. The van der Waals surface area contributed by atoms with Gasteiger partial charge in [-0.1, -0.05) is 12.1 Å². The molecule has 0 aliphatic carbocycles. The Balaban J connectivity index is 0.00000341. The zero-order chi connectivity index (χ0) is 21.8. The topological polar surface area (TPSA) is 116 Å². The van der Waals surface area contributed by atoms with Crippen LogP contribution in [0.1, 0.15) is 37.2 Å². The second kappa shape index (κ2) is 10.1. The summed E-state index contributed by atoms with van der Waals surface area (Å²) >= 11 is 0. The predicted octanol–water partition coefficient (Wildman–Crippen LogP) is 2.92. The van der Waals surface area contributed by atoms with Crippen molar-refractivity contribution in [3.8, 4) is 11.4 Å². The Morgan fingerprint density at radius 3 is 2.23 bits per heavy atom. The van der Waals surface area contributed by atoms with Crippen LogP contribution in [0.5, 0.6) is 0 Å². The molecule has 0 unspecified atom stereocenters. The van der Waals surface area contributed by atoms with Gasteiger partial charge in [-0.25, -0.2) is 9.36 Å². The highest BCUT2D eigenvalue weighted by molar-refractivity contribution is 5.95. The van der Waals surface area contributed by atoms with Crippen molar-refractivity contribution in [2.45, 2.75) is 39.7 Å². The van der Waals surface area contributed by atoms with Crippen molar-refractivity contribution in [3.05, 3.63) is 76.0 Å². The second-order valence-electron chi connectivity index (χ2n) is 7.24. The van der Waals surface area contributed by atoms with Crippen molar-refractivity contribution in [2.24, 2.45) is 5.73 Å². The number of nitrogens with two attached hydrogens (primary N) is 1. The Morgan fingerprint density at radius 1 is 1.10 bits per heavy atom. The number of rotatable bonds is 7. The molecule has 1 aromatic heterocycles. The van der Waals surface area contributed by atoms with E-state index in [4.69, 9.17) is 15.9 Å². The third kappa shape index (κ3) is 5.61. The molecule has 31 heavy (non-hydrogen) atoms. The van der Waals surface area contributed by atoms with Crippen molar-refractivity contribution < 1.29 is 9.53 Å². The number of nitrogen functional groups attached to an aromatic ring is 1. The van der Waals surface area contributed by atoms with Crippen LogP contribution in [0.2, 0.25) is 0 Å². The van der Waals surface area contributed by atoms with Gasteiger partial charge < -0.3 is 10.5 Å². The van der Waals surface area contributed by atoms with Gasteiger partial charge in [-0.05, 0) is 69.2 Å². The summed E-state index contributed by atoms with van der Waals surface area (Å²) in [5.41, 5.74) is 8.03. The van der Waals surface area contributed by atoms with Gasteiger partial charge in [0.05, 0.1) is 17.5 Å². The zero-order valence-corrected chi connectivity index (χ0v) is 18.5. The third-order valence-electron chi connectivity index (χ3n) is 4.54. The van der Waals surface area contributed by atoms with Crippen molar-refractivity contribution in [1.29, 1.82) is 5.41 Å². The number of aromatic nitrogens is 3. The largest absolute Gasteiger partial charge is 0.463 e. The molecule has 0 atom stereocenters. The van der Waals surface area contributed by atoms with Crippen LogP contribution in [0.25, 0.3) is 11.4 Å². The number of hydrogen-bond donors (Lipinski definition) is 2. The monoisotopic (exact) mass is 443 g/mol. The van der Waals surface area contributed by atoms with Gasteiger partial charge in [0.1, 0.15) is 11.7 Å². The minimum Gasteiger partial charge on any atom is -0.463 e. The number of carbonyl (C=O) groups excluding carboxylic acids is 1. The number of esters is 1. The van der Waals surface area contributed by atoms with E-state index in [0.717, 1.165) is 5.56 Å². The summed E-state index contributed by atoms with van der Waals surface area (Å²) in [6, 6.07) is 14.2. The smallest absolute Gasteiger partial charge is 0.355 e. The highest BCUT2D eigenvalue weighted by atomic mass is 35.5. The normalized spacial score (nSPS) is 10.6. The Morgan fingerprint density at radius 2 is 1.68 bits per heavy atom. The Hall–Kier alpha value is -3.39. The molecule has 3 N–H and O–H groups in total. The average molecular weight is 444 g/mol. The Bertz CT molecular complexity index is 1120. The molecular weight excluding hydrogens is 418 g/mol. The molecule has 3 aromatic rings. The van der Waals surface area contributed by atoms with Gasteiger partial charge in [-0.2, -0.15) is 4.68 Å². The molecular formula is C22H26ClN5O3. The number of aryl methyl sites for hydroxylation is 2. The lowest BCUT2D eigenvalue weighted by molar-refractivity contribution is -0.147. The summed E-state index contributed by atoms with van der Waals surface area (Å²) < 4.78 is 7.99. The summed E-state index contributed by atoms with van der Waals surface area (Å²) in [5.74, 6) is 0.287. The van der Waals surface area contributed by atoms with E-state index in [1.165, 1.54) is 9.25 Å².